The molecular formula is C37H25N3O2. The van der Waals surface area contributed by atoms with Crippen LogP contribution in [-0.2, 0) is 0 Å². The first-order valence-corrected chi connectivity index (χ1v) is 14.2. The number of aliphatic imine (C=N–C) groups is 1. The van der Waals surface area contributed by atoms with Crippen molar-refractivity contribution in [2.24, 2.45) is 4.99 Å². The molecule has 0 bridgehead atoms. The standard InChI is InChI=1S/C37H25N3O2/c1-2-10-23(11-3-1)35-38-36(40-37(39-35)27-14-8-16-31-34(27)26-13-6-7-15-29(26)41-31)24-18-19-30-28(21-24)33-25-12-5-4-9-22(25)17-20-32(33)42-30/h1-21,35,37,39H,(H,38,40). The quantitative estimate of drug-likeness (QED) is 0.233. The molecule has 0 aliphatic carbocycles. The van der Waals surface area contributed by atoms with E-state index in [4.69, 9.17) is 13.8 Å². The van der Waals surface area contributed by atoms with Crippen molar-refractivity contribution in [3.8, 4) is 0 Å². The highest BCUT2D eigenvalue weighted by Gasteiger charge is 2.28. The van der Waals surface area contributed by atoms with E-state index in [0.29, 0.717) is 0 Å². The Kier molecular flexibility index (Phi) is 5.03. The van der Waals surface area contributed by atoms with Crippen molar-refractivity contribution in [1.29, 1.82) is 0 Å². The van der Waals surface area contributed by atoms with Gasteiger partial charge in [0.15, 0.2) is 0 Å². The van der Waals surface area contributed by atoms with Crippen LogP contribution in [-0.4, -0.2) is 5.84 Å². The largest absolute Gasteiger partial charge is 0.456 e. The fourth-order valence-corrected chi connectivity index (χ4v) is 6.41. The van der Waals surface area contributed by atoms with Crippen LogP contribution in [0.4, 0.5) is 0 Å². The van der Waals surface area contributed by atoms with Gasteiger partial charge in [-0.15, -0.1) is 0 Å². The molecular weight excluding hydrogens is 518 g/mol. The smallest absolute Gasteiger partial charge is 0.136 e. The molecule has 0 spiro atoms. The van der Waals surface area contributed by atoms with Gasteiger partial charge in [0.2, 0.25) is 0 Å². The van der Waals surface area contributed by atoms with Gasteiger partial charge in [0.1, 0.15) is 40.5 Å². The normalized spacial score (nSPS) is 17.3. The number of hydrogen-bond acceptors (Lipinski definition) is 5. The first kappa shape index (κ1) is 23.3. The van der Waals surface area contributed by atoms with E-state index in [0.717, 1.165) is 66.4 Å². The summed E-state index contributed by atoms with van der Waals surface area (Å²) in [7, 11) is 0. The molecule has 3 heterocycles. The SMILES string of the molecule is c1ccc(C2N=C(c3ccc4oc5ccc6ccccc6c5c4c3)NC(c3cccc4oc5ccccc5c34)N2)cc1. The van der Waals surface area contributed by atoms with Gasteiger partial charge in [-0.3, -0.25) is 5.32 Å². The summed E-state index contributed by atoms with van der Waals surface area (Å²) >= 11 is 0. The van der Waals surface area contributed by atoms with Gasteiger partial charge in [0.25, 0.3) is 0 Å². The summed E-state index contributed by atoms with van der Waals surface area (Å²) in [6.07, 6.45) is -0.441. The minimum absolute atomic E-state index is 0.204. The highest BCUT2D eigenvalue weighted by atomic mass is 16.3. The summed E-state index contributed by atoms with van der Waals surface area (Å²) in [6, 6.07) is 43.9. The summed E-state index contributed by atoms with van der Waals surface area (Å²) in [5, 5.41) is 14.3. The predicted molar refractivity (Wildman–Crippen MR) is 170 cm³/mol. The second-order valence-electron chi connectivity index (χ2n) is 10.8. The number of nitrogens with one attached hydrogen (secondary N) is 2. The average Bonchev–Trinajstić information content (AvgIpc) is 3.63. The summed E-state index contributed by atoms with van der Waals surface area (Å²) in [5.41, 5.74) is 6.74. The molecule has 200 valence electrons. The number of amidine groups is 1. The third kappa shape index (κ3) is 3.57. The highest BCUT2D eigenvalue weighted by molar-refractivity contribution is 6.20. The maximum Gasteiger partial charge on any atom is 0.136 e. The fourth-order valence-electron chi connectivity index (χ4n) is 6.41. The number of para-hydroxylation sites is 1. The van der Waals surface area contributed by atoms with Crippen molar-refractivity contribution in [2.75, 3.05) is 0 Å². The van der Waals surface area contributed by atoms with Crippen LogP contribution in [0.15, 0.2) is 141 Å². The van der Waals surface area contributed by atoms with Crippen molar-refractivity contribution in [3.63, 3.8) is 0 Å². The Morgan fingerprint density at radius 2 is 1.26 bits per heavy atom. The van der Waals surface area contributed by atoms with Gasteiger partial charge in [-0.1, -0.05) is 91.0 Å². The van der Waals surface area contributed by atoms with Crippen LogP contribution in [0.2, 0.25) is 0 Å². The Morgan fingerprint density at radius 1 is 0.548 bits per heavy atom. The van der Waals surface area contributed by atoms with Crippen molar-refractivity contribution in [2.45, 2.75) is 12.3 Å². The summed E-state index contributed by atoms with van der Waals surface area (Å²) in [4.78, 5) is 5.20. The Hall–Kier alpha value is -5.39. The predicted octanol–water partition coefficient (Wildman–Crippen LogP) is 8.98. The van der Waals surface area contributed by atoms with Gasteiger partial charge in [-0.25, -0.2) is 4.99 Å². The number of hydrogen-bond donors (Lipinski definition) is 2. The topological polar surface area (TPSA) is 62.7 Å². The fraction of sp³-hybridized carbons (Fsp3) is 0.0541. The minimum Gasteiger partial charge on any atom is -0.456 e. The van der Waals surface area contributed by atoms with E-state index >= 15 is 0 Å². The summed E-state index contributed by atoms with van der Waals surface area (Å²) in [6.45, 7) is 0. The monoisotopic (exact) mass is 543 g/mol. The van der Waals surface area contributed by atoms with Crippen LogP contribution >= 0.6 is 0 Å². The number of furan rings is 2. The zero-order valence-corrected chi connectivity index (χ0v) is 22.5. The maximum atomic E-state index is 6.28. The molecule has 2 aromatic heterocycles. The van der Waals surface area contributed by atoms with Crippen molar-refractivity contribution in [3.05, 3.63) is 144 Å². The molecule has 0 saturated carbocycles. The molecule has 2 N–H and O–H groups in total. The molecule has 0 radical (unpaired) electrons. The van der Waals surface area contributed by atoms with Crippen LogP contribution in [0.1, 0.15) is 29.0 Å². The molecule has 0 amide bonds. The lowest BCUT2D eigenvalue weighted by molar-refractivity contribution is 0.411. The molecule has 1 aliphatic heterocycles. The lowest BCUT2D eigenvalue weighted by Gasteiger charge is -2.32. The van der Waals surface area contributed by atoms with E-state index in [1.807, 2.05) is 24.3 Å². The Morgan fingerprint density at radius 3 is 2.17 bits per heavy atom. The van der Waals surface area contributed by atoms with Crippen molar-refractivity contribution in [1.82, 2.24) is 10.6 Å². The van der Waals surface area contributed by atoms with Crippen LogP contribution in [0.3, 0.4) is 0 Å². The van der Waals surface area contributed by atoms with Gasteiger partial charge >= 0.3 is 0 Å². The van der Waals surface area contributed by atoms with Gasteiger partial charge in [0, 0.05) is 32.7 Å². The van der Waals surface area contributed by atoms with Gasteiger partial charge in [-0.2, -0.15) is 0 Å². The van der Waals surface area contributed by atoms with E-state index in [1.165, 1.54) is 10.8 Å². The number of benzene rings is 6. The summed E-state index contributed by atoms with van der Waals surface area (Å²) in [5.74, 6) is 0.828. The molecule has 2 atom stereocenters. The molecule has 5 nitrogen and oxygen atoms in total. The average molecular weight is 544 g/mol. The Balaban J connectivity index is 1.23. The molecule has 2 unspecified atom stereocenters. The molecule has 6 aromatic carbocycles. The second kappa shape index (κ2) is 9.06. The van der Waals surface area contributed by atoms with Crippen LogP contribution in [0, 0.1) is 0 Å². The lowest BCUT2D eigenvalue weighted by Crippen LogP contribution is -2.45. The molecule has 0 saturated heterocycles. The minimum atomic E-state index is -0.238. The first-order chi connectivity index (χ1) is 20.8. The van der Waals surface area contributed by atoms with Crippen molar-refractivity contribution >= 4 is 60.5 Å². The molecule has 5 heteroatoms. The molecule has 0 fully saturated rings. The zero-order valence-electron chi connectivity index (χ0n) is 22.5. The molecule has 8 aromatic rings. The second-order valence-corrected chi connectivity index (χ2v) is 10.8. The van der Waals surface area contributed by atoms with Crippen LogP contribution < -0.4 is 10.6 Å². The first-order valence-electron chi connectivity index (χ1n) is 14.2. The highest BCUT2D eigenvalue weighted by Crippen LogP contribution is 2.37. The number of rotatable bonds is 3. The van der Waals surface area contributed by atoms with Crippen LogP contribution in [0.5, 0.6) is 0 Å². The van der Waals surface area contributed by atoms with Gasteiger partial charge in [0.05, 0.1) is 0 Å². The van der Waals surface area contributed by atoms with Gasteiger partial charge < -0.3 is 14.2 Å². The van der Waals surface area contributed by atoms with E-state index in [-0.39, 0.29) is 12.3 Å². The van der Waals surface area contributed by atoms with E-state index in [1.54, 1.807) is 0 Å². The summed E-state index contributed by atoms with van der Waals surface area (Å²) < 4.78 is 12.5. The zero-order chi connectivity index (χ0) is 27.6. The lowest BCUT2D eigenvalue weighted by atomic mass is 10.0. The Bertz CT molecular complexity index is 2330. The van der Waals surface area contributed by atoms with Crippen molar-refractivity contribution < 1.29 is 8.83 Å². The number of fused-ring (bicyclic) bond motifs is 8. The van der Waals surface area contributed by atoms with E-state index in [9.17, 15) is 0 Å². The van der Waals surface area contributed by atoms with Gasteiger partial charge in [-0.05, 0) is 52.7 Å². The molecule has 42 heavy (non-hydrogen) atoms. The molecule has 9 rings (SSSR count). The number of nitrogens with zero attached hydrogens (tertiary/aromatic N) is 1. The van der Waals surface area contributed by atoms with Crippen LogP contribution in [0.25, 0.3) is 54.6 Å². The Labute approximate surface area is 241 Å². The van der Waals surface area contributed by atoms with E-state index in [2.05, 4.69) is 114 Å². The van der Waals surface area contributed by atoms with E-state index < -0.39 is 0 Å². The maximum absolute atomic E-state index is 6.28. The third-order valence-corrected chi connectivity index (χ3v) is 8.36. The third-order valence-electron chi connectivity index (χ3n) is 8.36. The molecule has 1 aliphatic rings.